The highest BCUT2D eigenvalue weighted by molar-refractivity contribution is 5.30. The normalized spacial score (nSPS) is 33.7. The highest BCUT2D eigenvalue weighted by Crippen LogP contribution is 2.38. The minimum atomic E-state index is -1.41. The highest BCUT2D eigenvalue weighted by Gasteiger charge is 2.42. The van der Waals surface area contributed by atoms with Gasteiger partial charge in [-0.1, -0.05) is 13.0 Å². The van der Waals surface area contributed by atoms with Gasteiger partial charge in [-0.3, -0.25) is 4.90 Å². The van der Waals surface area contributed by atoms with Crippen LogP contribution in [0.15, 0.2) is 18.2 Å². The second-order valence-electron chi connectivity index (χ2n) is 7.18. The number of hydrogen-bond donors (Lipinski definition) is 1. The van der Waals surface area contributed by atoms with Gasteiger partial charge in [0.2, 0.25) is 0 Å². The molecule has 2 aliphatic rings. The molecule has 0 saturated carbocycles. The van der Waals surface area contributed by atoms with E-state index >= 15 is 4.39 Å². The summed E-state index contributed by atoms with van der Waals surface area (Å²) < 4.78 is 28.8. The number of rotatable bonds is 3. The number of benzene rings is 1. The van der Waals surface area contributed by atoms with Gasteiger partial charge in [0.1, 0.15) is 11.5 Å². The van der Waals surface area contributed by atoms with Crippen molar-refractivity contribution in [3.63, 3.8) is 0 Å². The molecule has 0 radical (unpaired) electrons. The lowest BCUT2D eigenvalue weighted by atomic mass is 9.89. The summed E-state index contributed by atoms with van der Waals surface area (Å²) in [6.45, 7) is 8.18. The van der Waals surface area contributed by atoms with E-state index in [1.165, 1.54) is 12.1 Å². The summed E-state index contributed by atoms with van der Waals surface area (Å²) in [5.41, 5.74) is 0.114. The Labute approximate surface area is 125 Å². The highest BCUT2D eigenvalue weighted by atomic mass is 19.1. The molecule has 1 aromatic carbocycles. The summed E-state index contributed by atoms with van der Waals surface area (Å²) in [4.78, 5) is 2.20. The van der Waals surface area contributed by atoms with E-state index in [-0.39, 0.29) is 11.2 Å². The van der Waals surface area contributed by atoms with Crippen molar-refractivity contribution < 1.29 is 8.78 Å². The lowest BCUT2D eigenvalue weighted by Gasteiger charge is -2.30. The fourth-order valence-electron chi connectivity index (χ4n) is 3.76. The molecular formula is C17H24F2N2. The minimum absolute atomic E-state index is 0.239. The van der Waals surface area contributed by atoms with Crippen LogP contribution in [0, 0.1) is 18.2 Å². The lowest BCUT2D eigenvalue weighted by Crippen LogP contribution is -2.37. The first kappa shape index (κ1) is 14.9. The summed E-state index contributed by atoms with van der Waals surface area (Å²) >= 11 is 0. The zero-order valence-corrected chi connectivity index (χ0v) is 12.9. The maximum Gasteiger partial charge on any atom is 0.149 e. The summed E-state index contributed by atoms with van der Waals surface area (Å²) in [6, 6.07) is 4.59. The van der Waals surface area contributed by atoms with Crippen LogP contribution in [0.5, 0.6) is 0 Å². The Kier molecular flexibility index (Phi) is 3.78. The van der Waals surface area contributed by atoms with Crippen molar-refractivity contribution in [2.75, 3.05) is 32.7 Å². The van der Waals surface area contributed by atoms with E-state index in [4.69, 9.17) is 0 Å². The van der Waals surface area contributed by atoms with Crippen LogP contribution in [0.3, 0.4) is 0 Å². The number of alkyl halides is 1. The molecule has 2 heterocycles. The van der Waals surface area contributed by atoms with Crippen molar-refractivity contribution in [1.82, 2.24) is 10.2 Å². The Balaban J connectivity index is 1.72. The molecule has 2 atom stereocenters. The van der Waals surface area contributed by atoms with Crippen molar-refractivity contribution in [3.05, 3.63) is 35.1 Å². The Hall–Kier alpha value is -1.00. The first-order valence-electron chi connectivity index (χ1n) is 7.78. The van der Waals surface area contributed by atoms with E-state index in [1.807, 2.05) is 6.92 Å². The third-order valence-electron chi connectivity index (χ3n) is 4.92. The van der Waals surface area contributed by atoms with Crippen molar-refractivity contribution >= 4 is 0 Å². The minimum Gasteiger partial charge on any atom is -0.316 e. The van der Waals surface area contributed by atoms with Gasteiger partial charge in [0, 0.05) is 26.2 Å². The molecule has 4 heteroatoms. The van der Waals surface area contributed by atoms with Gasteiger partial charge in [-0.2, -0.15) is 0 Å². The number of aryl methyl sites for hydroxylation is 1. The van der Waals surface area contributed by atoms with E-state index in [0.717, 1.165) is 38.2 Å². The third-order valence-corrected chi connectivity index (χ3v) is 4.92. The van der Waals surface area contributed by atoms with Crippen LogP contribution >= 0.6 is 0 Å². The van der Waals surface area contributed by atoms with Gasteiger partial charge in [-0.15, -0.1) is 0 Å². The molecule has 0 spiro atoms. The molecule has 2 fully saturated rings. The summed E-state index contributed by atoms with van der Waals surface area (Å²) in [5, 5.41) is 3.38. The Morgan fingerprint density at radius 1 is 1.29 bits per heavy atom. The molecule has 2 unspecified atom stereocenters. The molecule has 2 saturated heterocycles. The number of nitrogens with one attached hydrogen (secondary N) is 1. The summed E-state index contributed by atoms with van der Waals surface area (Å²) in [7, 11) is 0. The molecule has 1 aromatic rings. The van der Waals surface area contributed by atoms with E-state index in [1.54, 1.807) is 6.07 Å². The van der Waals surface area contributed by atoms with Crippen molar-refractivity contribution in [3.8, 4) is 0 Å². The van der Waals surface area contributed by atoms with E-state index in [9.17, 15) is 4.39 Å². The molecule has 0 bridgehead atoms. The largest absolute Gasteiger partial charge is 0.316 e. The van der Waals surface area contributed by atoms with Crippen molar-refractivity contribution in [1.29, 1.82) is 0 Å². The van der Waals surface area contributed by atoms with E-state index in [2.05, 4.69) is 17.1 Å². The van der Waals surface area contributed by atoms with Crippen LogP contribution < -0.4 is 5.32 Å². The molecule has 116 valence electrons. The Bertz CT molecular complexity index is 505. The van der Waals surface area contributed by atoms with Gasteiger partial charge in [0.25, 0.3) is 0 Å². The van der Waals surface area contributed by atoms with Crippen LogP contribution in [-0.2, 0) is 5.67 Å². The quantitative estimate of drug-likeness (QED) is 0.922. The van der Waals surface area contributed by atoms with E-state index < -0.39 is 5.67 Å². The number of halogens is 2. The van der Waals surface area contributed by atoms with Crippen LogP contribution in [-0.4, -0.2) is 37.6 Å². The SMILES string of the molecule is Cc1cc(F)cc(C2(F)CCN(CC3(C)CCNC3)C2)c1. The zero-order valence-electron chi connectivity index (χ0n) is 12.9. The maximum atomic E-state index is 15.2. The smallest absolute Gasteiger partial charge is 0.149 e. The molecule has 0 amide bonds. The predicted molar refractivity (Wildman–Crippen MR) is 80.6 cm³/mol. The van der Waals surface area contributed by atoms with Crippen molar-refractivity contribution in [2.24, 2.45) is 5.41 Å². The number of hydrogen-bond acceptors (Lipinski definition) is 2. The first-order valence-corrected chi connectivity index (χ1v) is 7.78. The predicted octanol–water partition coefficient (Wildman–Crippen LogP) is 3.00. The molecule has 3 rings (SSSR count). The second kappa shape index (κ2) is 5.33. The van der Waals surface area contributed by atoms with Crippen LogP contribution in [0.1, 0.15) is 30.9 Å². The van der Waals surface area contributed by atoms with Gasteiger partial charge in [-0.05, 0) is 55.0 Å². The second-order valence-corrected chi connectivity index (χ2v) is 7.18. The van der Waals surface area contributed by atoms with Gasteiger partial charge in [0.05, 0.1) is 0 Å². The van der Waals surface area contributed by atoms with E-state index in [0.29, 0.717) is 18.5 Å². The molecule has 0 aromatic heterocycles. The molecule has 0 aliphatic carbocycles. The standard InChI is InChI=1S/C17H24F2N2/c1-13-7-14(9-15(18)8-13)17(19)4-6-21(12-17)11-16(2)3-5-20-10-16/h7-9,20H,3-6,10-12H2,1-2H3. The monoisotopic (exact) mass is 294 g/mol. The van der Waals surface area contributed by atoms with Gasteiger partial charge in [0.15, 0.2) is 0 Å². The average molecular weight is 294 g/mol. The van der Waals surface area contributed by atoms with Crippen LogP contribution in [0.2, 0.25) is 0 Å². The van der Waals surface area contributed by atoms with Gasteiger partial charge < -0.3 is 5.32 Å². The third kappa shape index (κ3) is 3.11. The zero-order chi connectivity index (χ0) is 15.1. The van der Waals surface area contributed by atoms with Crippen molar-refractivity contribution in [2.45, 2.75) is 32.4 Å². The topological polar surface area (TPSA) is 15.3 Å². The molecule has 2 nitrogen and oxygen atoms in total. The lowest BCUT2D eigenvalue weighted by molar-refractivity contribution is 0.143. The molecule has 21 heavy (non-hydrogen) atoms. The summed E-state index contributed by atoms with van der Waals surface area (Å²) in [5.74, 6) is -0.340. The average Bonchev–Trinajstić information content (AvgIpc) is 2.96. The molecule has 1 N–H and O–H groups in total. The first-order chi connectivity index (χ1) is 9.89. The number of nitrogens with zero attached hydrogens (tertiary/aromatic N) is 1. The van der Waals surface area contributed by atoms with Gasteiger partial charge in [-0.25, -0.2) is 8.78 Å². The fraction of sp³-hybridized carbons (Fsp3) is 0.647. The fourth-order valence-corrected chi connectivity index (χ4v) is 3.76. The molecular weight excluding hydrogens is 270 g/mol. The summed E-state index contributed by atoms with van der Waals surface area (Å²) in [6.07, 6.45) is 1.60. The maximum absolute atomic E-state index is 15.2. The number of likely N-dealkylation sites (tertiary alicyclic amines) is 1. The Morgan fingerprint density at radius 3 is 2.76 bits per heavy atom. The Morgan fingerprint density at radius 2 is 2.10 bits per heavy atom. The van der Waals surface area contributed by atoms with Gasteiger partial charge >= 0.3 is 0 Å². The van der Waals surface area contributed by atoms with Crippen LogP contribution in [0.4, 0.5) is 8.78 Å². The molecule has 2 aliphatic heterocycles. The van der Waals surface area contributed by atoms with Crippen LogP contribution in [0.25, 0.3) is 0 Å².